The van der Waals surface area contributed by atoms with E-state index in [-0.39, 0.29) is 6.54 Å². The van der Waals surface area contributed by atoms with Crippen LogP contribution in [0.4, 0.5) is 10.5 Å². The molecule has 0 aliphatic carbocycles. The number of hydrogen-bond donors (Lipinski definition) is 4. The van der Waals surface area contributed by atoms with Crippen molar-refractivity contribution in [3.63, 3.8) is 0 Å². The monoisotopic (exact) mass is 499 g/mol. The first-order valence-corrected chi connectivity index (χ1v) is 11.8. The number of para-hydroxylation sites is 1. The van der Waals surface area contributed by atoms with Crippen molar-refractivity contribution < 1.29 is 29.3 Å². The molecule has 0 aliphatic heterocycles. The number of hydrogen-bond acceptors (Lipinski definition) is 6. The maximum absolute atomic E-state index is 13.7. The minimum Gasteiger partial charge on any atom is -0.444 e. The Balaban J connectivity index is 2.49. The third-order valence-corrected chi connectivity index (χ3v) is 5.32. The van der Waals surface area contributed by atoms with E-state index < -0.39 is 48.8 Å². The first-order valence-electron chi connectivity index (χ1n) is 11.8. The van der Waals surface area contributed by atoms with Crippen LogP contribution >= 0.6 is 0 Å². The van der Waals surface area contributed by atoms with Gasteiger partial charge in [-0.1, -0.05) is 47.5 Å². The number of amides is 3. The summed E-state index contributed by atoms with van der Waals surface area (Å²) in [5.41, 5.74) is 2.92. The number of carbonyl (C=O) groups excluding carboxylic acids is 3. The molecule has 0 bridgehead atoms. The van der Waals surface area contributed by atoms with Gasteiger partial charge in [-0.05, 0) is 58.7 Å². The van der Waals surface area contributed by atoms with Gasteiger partial charge in [-0.15, -0.1) is 0 Å². The van der Waals surface area contributed by atoms with Crippen LogP contribution in [0.3, 0.4) is 0 Å². The standard InChI is InChI=1S/C27H37N3O6/c1-17-13-18(2)15-20(14-17)23(24(33)28-21-10-8-7-9-19(21)3)30(11-12-31)25(34)22(16-32)29-26(35)36-27(4,5)6/h7-10,13-15,22-23,31-32H,11-12,16H2,1-6H3,(H,28,33)(H,29,35). The summed E-state index contributed by atoms with van der Waals surface area (Å²) in [4.78, 5) is 40.7. The molecule has 0 spiro atoms. The molecular formula is C27H37N3O6. The van der Waals surface area contributed by atoms with Crippen LogP contribution in [0.2, 0.25) is 0 Å². The number of benzene rings is 2. The molecule has 0 heterocycles. The molecule has 4 N–H and O–H groups in total. The zero-order valence-corrected chi connectivity index (χ0v) is 21.8. The van der Waals surface area contributed by atoms with Crippen molar-refractivity contribution >= 4 is 23.6 Å². The zero-order valence-electron chi connectivity index (χ0n) is 21.8. The van der Waals surface area contributed by atoms with E-state index in [1.165, 1.54) is 4.90 Å². The van der Waals surface area contributed by atoms with Gasteiger partial charge in [-0.2, -0.15) is 0 Å². The third kappa shape index (κ3) is 8.07. The SMILES string of the molecule is Cc1cc(C)cc(C(C(=O)Nc2ccccc2C)N(CCO)C(=O)C(CO)NC(=O)OC(C)(C)C)c1. The number of ether oxygens (including phenoxy) is 1. The van der Waals surface area contributed by atoms with E-state index in [4.69, 9.17) is 4.74 Å². The van der Waals surface area contributed by atoms with Crippen LogP contribution in [0.15, 0.2) is 42.5 Å². The maximum Gasteiger partial charge on any atom is 0.408 e. The van der Waals surface area contributed by atoms with Crippen molar-refractivity contribution in [2.75, 3.05) is 25.1 Å². The lowest BCUT2D eigenvalue weighted by atomic mass is 9.98. The van der Waals surface area contributed by atoms with Gasteiger partial charge in [-0.25, -0.2) is 4.79 Å². The van der Waals surface area contributed by atoms with Crippen LogP contribution in [0.1, 0.15) is 49.1 Å². The van der Waals surface area contributed by atoms with Gasteiger partial charge in [0, 0.05) is 12.2 Å². The van der Waals surface area contributed by atoms with E-state index in [1.54, 1.807) is 45.0 Å². The normalized spacial score (nSPS) is 12.9. The molecule has 0 saturated carbocycles. The molecule has 2 aromatic rings. The second kappa shape index (κ2) is 12.5. The summed E-state index contributed by atoms with van der Waals surface area (Å²) in [6.07, 6.45) is -0.883. The second-order valence-corrected chi connectivity index (χ2v) is 9.76. The Labute approximate surface area is 212 Å². The largest absolute Gasteiger partial charge is 0.444 e. The highest BCUT2D eigenvalue weighted by atomic mass is 16.6. The minimum absolute atomic E-state index is 0.204. The summed E-state index contributed by atoms with van der Waals surface area (Å²) in [5.74, 6) is -1.23. The molecule has 3 amide bonds. The minimum atomic E-state index is -1.38. The van der Waals surface area contributed by atoms with Crippen LogP contribution < -0.4 is 10.6 Å². The van der Waals surface area contributed by atoms with Crippen molar-refractivity contribution in [1.82, 2.24) is 10.2 Å². The highest BCUT2D eigenvalue weighted by Crippen LogP contribution is 2.27. The average molecular weight is 500 g/mol. The molecule has 9 heteroatoms. The first kappa shape index (κ1) is 28.8. The lowest BCUT2D eigenvalue weighted by molar-refractivity contribution is -0.142. The van der Waals surface area contributed by atoms with Crippen LogP contribution in [-0.2, 0) is 14.3 Å². The topological polar surface area (TPSA) is 128 Å². The molecule has 2 atom stereocenters. The van der Waals surface area contributed by atoms with E-state index in [9.17, 15) is 24.6 Å². The van der Waals surface area contributed by atoms with Crippen LogP contribution in [-0.4, -0.2) is 64.4 Å². The Hall–Kier alpha value is -3.43. The molecule has 9 nitrogen and oxygen atoms in total. The van der Waals surface area contributed by atoms with Crippen molar-refractivity contribution in [2.45, 2.75) is 59.2 Å². The average Bonchev–Trinajstić information content (AvgIpc) is 2.76. The molecule has 2 aromatic carbocycles. The van der Waals surface area contributed by atoms with Crippen LogP contribution in [0.25, 0.3) is 0 Å². The Morgan fingerprint density at radius 3 is 2.14 bits per heavy atom. The fourth-order valence-electron chi connectivity index (χ4n) is 3.86. The van der Waals surface area contributed by atoms with Gasteiger partial charge in [0.2, 0.25) is 5.91 Å². The smallest absolute Gasteiger partial charge is 0.408 e. The van der Waals surface area contributed by atoms with E-state index >= 15 is 0 Å². The van der Waals surface area contributed by atoms with Gasteiger partial charge in [0.05, 0.1) is 13.2 Å². The van der Waals surface area contributed by atoms with Gasteiger partial charge >= 0.3 is 6.09 Å². The maximum atomic E-state index is 13.7. The van der Waals surface area contributed by atoms with Gasteiger partial charge in [-0.3, -0.25) is 9.59 Å². The highest BCUT2D eigenvalue weighted by Gasteiger charge is 2.36. The van der Waals surface area contributed by atoms with E-state index in [0.29, 0.717) is 11.3 Å². The first-order chi connectivity index (χ1) is 16.9. The van der Waals surface area contributed by atoms with E-state index in [2.05, 4.69) is 10.6 Å². The van der Waals surface area contributed by atoms with Crippen molar-refractivity contribution in [3.8, 4) is 0 Å². The predicted octanol–water partition coefficient (Wildman–Crippen LogP) is 3.00. The molecular weight excluding hydrogens is 462 g/mol. The summed E-state index contributed by atoms with van der Waals surface area (Å²) in [6.45, 7) is 9.27. The summed E-state index contributed by atoms with van der Waals surface area (Å²) < 4.78 is 5.22. The van der Waals surface area contributed by atoms with Crippen molar-refractivity contribution in [1.29, 1.82) is 0 Å². The van der Waals surface area contributed by atoms with Gasteiger partial charge in [0.15, 0.2) is 0 Å². The molecule has 0 aliphatic rings. The molecule has 196 valence electrons. The van der Waals surface area contributed by atoms with E-state index in [1.807, 2.05) is 39.0 Å². The Morgan fingerprint density at radius 2 is 1.61 bits per heavy atom. The lowest BCUT2D eigenvalue weighted by Gasteiger charge is -2.34. The third-order valence-electron chi connectivity index (χ3n) is 5.32. The number of nitrogens with one attached hydrogen (secondary N) is 2. The molecule has 36 heavy (non-hydrogen) atoms. The van der Waals surface area contributed by atoms with Crippen molar-refractivity contribution in [3.05, 3.63) is 64.7 Å². The predicted molar refractivity (Wildman–Crippen MR) is 138 cm³/mol. The van der Waals surface area contributed by atoms with Gasteiger partial charge < -0.3 is 30.5 Å². The number of nitrogens with zero attached hydrogens (tertiary/aromatic N) is 1. The van der Waals surface area contributed by atoms with Crippen LogP contribution in [0, 0.1) is 20.8 Å². The molecule has 0 fully saturated rings. The second-order valence-electron chi connectivity index (χ2n) is 9.76. The fraction of sp³-hybridized carbons (Fsp3) is 0.444. The molecule has 2 unspecified atom stereocenters. The van der Waals surface area contributed by atoms with Gasteiger partial charge in [0.25, 0.3) is 5.91 Å². The Kier molecular flexibility index (Phi) is 10.0. The quantitative estimate of drug-likeness (QED) is 0.420. The Bertz CT molecular complexity index is 1060. The lowest BCUT2D eigenvalue weighted by Crippen LogP contribution is -2.54. The summed E-state index contributed by atoms with van der Waals surface area (Å²) in [6, 6.07) is 10.3. The highest BCUT2D eigenvalue weighted by molar-refractivity contribution is 5.99. The van der Waals surface area contributed by atoms with Crippen molar-refractivity contribution in [2.24, 2.45) is 0 Å². The number of anilines is 1. The number of alkyl carbamates (subject to hydrolysis) is 1. The number of carbonyl (C=O) groups is 3. The molecule has 2 rings (SSSR count). The number of aryl methyl sites for hydroxylation is 3. The van der Waals surface area contributed by atoms with Crippen LogP contribution in [0.5, 0.6) is 0 Å². The molecule has 0 radical (unpaired) electrons. The zero-order chi connectivity index (χ0) is 27.0. The van der Waals surface area contributed by atoms with E-state index in [0.717, 1.165) is 16.7 Å². The summed E-state index contributed by atoms with van der Waals surface area (Å²) >= 11 is 0. The Morgan fingerprint density at radius 1 is 1.00 bits per heavy atom. The number of aliphatic hydroxyl groups is 2. The van der Waals surface area contributed by atoms with Gasteiger partial charge in [0.1, 0.15) is 17.7 Å². The summed E-state index contributed by atoms with van der Waals surface area (Å²) in [5, 5.41) is 25.0. The number of rotatable bonds is 9. The number of aliphatic hydroxyl groups excluding tert-OH is 2. The summed E-state index contributed by atoms with van der Waals surface area (Å²) in [7, 11) is 0. The molecule has 0 saturated heterocycles. The fourth-order valence-corrected chi connectivity index (χ4v) is 3.86. The molecule has 0 aromatic heterocycles.